The Hall–Kier alpha value is -1.37. The summed E-state index contributed by atoms with van der Waals surface area (Å²) in [4.78, 5) is 8.80. The molecule has 0 aliphatic rings. The molecule has 2 N–H and O–H groups in total. The molecule has 0 saturated carbocycles. The normalized spacial score (nSPS) is 10.2. The summed E-state index contributed by atoms with van der Waals surface area (Å²) in [6, 6.07) is 8.12. The molecule has 1 aromatic heterocycles. The van der Waals surface area contributed by atoms with E-state index in [1.165, 1.54) is 0 Å². The smallest absolute Gasteiger partial charge is 0.139 e. The first-order valence-electron chi connectivity index (χ1n) is 5.66. The minimum absolute atomic E-state index is 0.749. The second kappa shape index (κ2) is 5.51. The number of rotatable bonds is 3. The van der Waals surface area contributed by atoms with Crippen LogP contribution in [0, 0.1) is 17.4 Å². The summed E-state index contributed by atoms with van der Waals surface area (Å²) >= 11 is 2.30. The summed E-state index contributed by atoms with van der Waals surface area (Å²) in [5.41, 5.74) is 2.07. The van der Waals surface area contributed by atoms with E-state index in [2.05, 4.69) is 49.3 Å². The number of anilines is 3. The fourth-order valence-corrected chi connectivity index (χ4v) is 2.21. The number of nitrogens with one attached hydrogen (secondary N) is 2. The Morgan fingerprint density at radius 3 is 2.39 bits per heavy atom. The average molecular weight is 354 g/mol. The standard InChI is InChI=1S/C13H15IN4/c1-8-12(15-3)16-9(2)17-13(8)18-11-7-5-4-6-10(11)14/h4-7H,1-3H3,(H2,15,16,17,18). The van der Waals surface area contributed by atoms with Gasteiger partial charge in [-0.1, -0.05) is 12.1 Å². The zero-order chi connectivity index (χ0) is 13.1. The minimum Gasteiger partial charge on any atom is -0.373 e. The van der Waals surface area contributed by atoms with Crippen LogP contribution in [-0.2, 0) is 0 Å². The molecule has 0 spiro atoms. The molecule has 0 unspecified atom stereocenters. The Balaban J connectivity index is 2.40. The number of benzene rings is 1. The second-order valence-corrected chi connectivity index (χ2v) is 5.11. The van der Waals surface area contributed by atoms with Crippen LogP contribution in [0.3, 0.4) is 0 Å². The Kier molecular flexibility index (Phi) is 4.00. The number of aromatic nitrogens is 2. The average Bonchev–Trinajstić information content (AvgIpc) is 2.36. The topological polar surface area (TPSA) is 49.8 Å². The Morgan fingerprint density at radius 1 is 1.06 bits per heavy atom. The van der Waals surface area contributed by atoms with Gasteiger partial charge < -0.3 is 10.6 Å². The van der Waals surface area contributed by atoms with Crippen LogP contribution in [-0.4, -0.2) is 17.0 Å². The van der Waals surface area contributed by atoms with Gasteiger partial charge in [0, 0.05) is 16.2 Å². The Labute approximate surface area is 120 Å². The van der Waals surface area contributed by atoms with Gasteiger partial charge in [-0.3, -0.25) is 0 Å². The van der Waals surface area contributed by atoms with Crippen LogP contribution >= 0.6 is 22.6 Å². The van der Waals surface area contributed by atoms with Gasteiger partial charge in [0.1, 0.15) is 17.5 Å². The third-order valence-electron chi connectivity index (χ3n) is 2.62. The van der Waals surface area contributed by atoms with E-state index in [4.69, 9.17) is 0 Å². The molecule has 0 radical (unpaired) electrons. The molecular weight excluding hydrogens is 339 g/mol. The highest BCUT2D eigenvalue weighted by molar-refractivity contribution is 14.1. The summed E-state index contributed by atoms with van der Waals surface area (Å²) in [5, 5.41) is 6.44. The summed E-state index contributed by atoms with van der Waals surface area (Å²) < 4.78 is 1.16. The van der Waals surface area contributed by atoms with Crippen molar-refractivity contribution in [1.29, 1.82) is 0 Å². The van der Waals surface area contributed by atoms with Crippen LogP contribution in [0.15, 0.2) is 24.3 Å². The van der Waals surface area contributed by atoms with Crippen molar-refractivity contribution in [3.8, 4) is 0 Å². The van der Waals surface area contributed by atoms with E-state index in [0.717, 1.165) is 32.3 Å². The third-order valence-corrected chi connectivity index (χ3v) is 3.56. The minimum atomic E-state index is 0.749. The van der Waals surface area contributed by atoms with Gasteiger partial charge in [0.2, 0.25) is 0 Å². The maximum absolute atomic E-state index is 4.45. The molecule has 1 heterocycles. The number of hydrogen-bond acceptors (Lipinski definition) is 4. The maximum Gasteiger partial charge on any atom is 0.139 e. The van der Waals surface area contributed by atoms with E-state index in [9.17, 15) is 0 Å². The highest BCUT2D eigenvalue weighted by atomic mass is 127. The van der Waals surface area contributed by atoms with E-state index < -0.39 is 0 Å². The number of halogens is 1. The largest absolute Gasteiger partial charge is 0.373 e. The van der Waals surface area contributed by atoms with Crippen molar-refractivity contribution in [2.75, 3.05) is 17.7 Å². The molecule has 0 aliphatic carbocycles. The molecule has 0 atom stereocenters. The van der Waals surface area contributed by atoms with Crippen molar-refractivity contribution < 1.29 is 0 Å². The SMILES string of the molecule is CNc1nc(C)nc(Nc2ccccc2I)c1C. The number of nitrogens with zero attached hydrogens (tertiary/aromatic N) is 2. The molecule has 0 aliphatic heterocycles. The summed E-state index contributed by atoms with van der Waals surface area (Å²) in [6.45, 7) is 3.89. The highest BCUT2D eigenvalue weighted by Crippen LogP contribution is 2.25. The van der Waals surface area contributed by atoms with Gasteiger partial charge in [0.15, 0.2) is 0 Å². The number of para-hydroxylation sites is 1. The molecule has 0 bridgehead atoms. The van der Waals surface area contributed by atoms with Gasteiger partial charge in [-0.2, -0.15) is 0 Å². The summed E-state index contributed by atoms with van der Waals surface area (Å²) in [5.74, 6) is 2.45. The monoisotopic (exact) mass is 354 g/mol. The zero-order valence-electron chi connectivity index (χ0n) is 10.6. The van der Waals surface area contributed by atoms with Crippen molar-refractivity contribution in [3.05, 3.63) is 39.2 Å². The van der Waals surface area contributed by atoms with Crippen LogP contribution in [0.5, 0.6) is 0 Å². The molecule has 1 aromatic carbocycles. The predicted octanol–water partition coefficient (Wildman–Crippen LogP) is 3.48. The maximum atomic E-state index is 4.45. The van der Waals surface area contributed by atoms with E-state index in [0.29, 0.717) is 0 Å². The highest BCUT2D eigenvalue weighted by Gasteiger charge is 2.09. The Morgan fingerprint density at radius 2 is 1.72 bits per heavy atom. The number of hydrogen-bond donors (Lipinski definition) is 2. The van der Waals surface area contributed by atoms with Crippen LogP contribution in [0.2, 0.25) is 0 Å². The molecule has 0 saturated heterocycles. The fraction of sp³-hybridized carbons (Fsp3) is 0.231. The van der Waals surface area contributed by atoms with E-state index in [1.54, 1.807) is 0 Å². The summed E-state index contributed by atoms with van der Waals surface area (Å²) in [7, 11) is 1.87. The van der Waals surface area contributed by atoms with Crippen LogP contribution in [0.1, 0.15) is 11.4 Å². The quantitative estimate of drug-likeness (QED) is 0.829. The van der Waals surface area contributed by atoms with E-state index in [-0.39, 0.29) is 0 Å². The predicted molar refractivity (Wildman–Crippen MR) is 83.5 cm³/mol. The molecule has 18 heavy (non-hydrogen) atoms. The molecule has 5 heteroatoms. The Bertz CT molecular complexity index is 569. The van der Waals surface area contributed by atoms with E-state index in [1.807, 2.05) is 39.1 Å². The first-order chi connectivity index (χ1) is 8.61. The van der Waals surface area contributed by atoms with Crippen molar-refractivity contribution in [2.24, 2.45) is 0 Å². The van der Waals surface area contributed by atoms with Gasteiger partial charge in [-0.15, -0.1) is 0 Å². The molecule has 2 aromatic rings. The van der Waals surface area contributed by atoms with Gasteiger partial charge in [-0.25, -0.2) is 9.97 Å². The second-order valence-electron chi connectivity index (χ2n) is 3.95. The number of aryl methyl sites for hydroxylation is 1. The fourth-order valence-electron chi connectivity index (χ4n) is 1.68. The zero-order valence-corrected chi connectivity index (χ0v) is 12.7. The van der Waals surface area contributed by atoms with Gasteiger partial charge in [0.25, 0.3) is 0 Å². The van der Waals surface area contributed by atoms with Gasteiger partial charge in [0.05, 0.1) is 5.69 Å². The lowest BCUT2D eigenvalue weighted by molar-refractivity contribution is 1.03. The van der Waals surface area contributed by atoms with Crippen molar-refractivity contribution in [1.82, 2.24) is 9.97 Å². The van der Waals surface area contributed by atoms with Crippen molar-refractivity contribution in [2.45, 2.75) is 13.8 Å². The van der Waals surface area contributed by atoms with Crippen LogP contribution < -0.4 is 10.6 Å². The lowest BCUT2D eigenvalue weighted by Gasteiger charge is -2.13. The molecule has 0 amide bonds. The first-order valence-corrected chi connectivity index (χ1v) is 6.74. The lowest BCUT2D eigenvalue weighted by Crippen LogP contribution is -2.05. The molecular formula is C13H15IN4. The van der Waals surface area contributed by atoms with Gasteiger partial charge in [-0.05, 0) is 48.6 Å². The molecule has 0 fully saturated rings. The molecule has 4 nitrogen and oxygen atoms in total. The van der Waals surface area contributed by atoms with Gasteiger partial charge >= 0.3 is 0 Å². The van der Waals surface area contributed by atoms with Crippen LogP contribution in [0.25, 0.3) is 0 Å². The molecule has 94 valence electrons. The lowest BCUT2D eigenvalue weighted by atomic mass is 10.2. The molecule has 2 rings (SSSR count). The van der Waals surface area contributed by atoms with Crippen LogP contribution in [0.4, 0.5) is 17.3 Å². The summed E-state index contributed by atoms with van der Waals surface area (Å²) in [6.07, 6.45) is 0. The third kappa shape index (κ3) is 2.72. The van der Waals surface area contributed by atoms with Crippen molar-refractivity contribution in [3.63, 3.8) is 0 Å². The van der Waals surface area contributed by atoms with Crippen molar-refractivity contribution >= 4 is 39.9 Å². The first kappa shape index (κ1) is 13.1. The van der Waals surface area contributed by atoms with E-state index >= 15 is 0 Å².